The van der Waals surface area contributed by atoms with E-state index in [9.17, 15) is 9.59 Å². The molecule has 1 saturated heterocycles. The lowest BCUT2D eigenvalue weighted by Gasteiger charge is -2.58. The fourth-order valence-electron chi connectivity index (χ4n) is 4.19. The maximum Gasteiger partial charge on any atom is 0.249 e. The molecule has 29 heavy (non-hydrogen) atoms. The summed E-state index contributed by atoms with van der Waals surface area (Å²) in [6, 6.07) is 29.3. The normalized spacial score (nSPS) is 17.5. The zero-order valence-electron chi connectivity index (χ0n) is 16.4. The van der Waals surface area contributed by atoms with Crippen LogP contribution in [0.4, 0.5) is 0 Å². The lowest BCUT2D eigenvalue weighted by atomic mass is 9.68. The molecule has 146 valence electrons. The van der Waals surface area contributed by atoms with Crippen molar-refractivity contribution in [3.05, 3.63) is 108 Å². The first-order chi connectivity index (χ1) is 14.2. The van der Waals surface area contributed by atoms with Crippen LogP contribution in [0.15, 0.2) is 91.0 Å². The number of rotatable bonds is 6. The van der Waals surface area contributed by atoms with Crippen molar-refractivity contribution in [1.82, 2.24) is 10.2 Å². The molecule has 0 saturated carbocycles. The summed E-state index contributed by atoms with van der Waals surface area (Å²) >= 11 is 0. The number of hydrogen-bond donors (Lipinski definition) is 1. The van der Waals surface area contributed by atoms with Crippen LogP contribution < -0.4 is 5.32 Å². The molecule has 2 amide bonds. The van der Waals surface area contributed by atoms with Crippen LogP contribution >= 0.6 is 0 Å². The fourth-order valence-corrected chi connectivity index (χ4v) is 4.19. The molecule has 1 atom stereocenters. The number of benzene rings is 3. The zero-order chi connectivity index (χ0) is 20.3. The number of amides is 2. The largest absolute Gasteiger partial charge is 0.342 e. The Bertz CT molecular complexity index is 948. The van der Waals surface area contributed by atoms with Gasteiger partial charge in [-0.25, -0.2) is 0 Å². The molecule has 1 N–H and O–H groups in total. The Morgan fingerprint density at radius 2 is 1.34 bits per heavy atom. The smallest absolute Gasteiger partial charge is 0.249 e. The van der Waals surface area contributed by atoms with Crippen LogP contribution in [0.5, 0.6) is 0 Å². The molecule has 1 aliphatic heterocycles. The molecule has 4 nitrogen and oxygen atoms in total. The Balaban J connectivity index is 1.87. The average Bonchev–Trinajstić information content (AvgIpc) is 2.79. The van der Waals surface area contributed by atoms with E-state index in [-0.39, 0.29) is 11.8 Å². The monoisotopic (exact) mass is 384 g/mol. The van der Waals surface area contributed by atoms with Gasteiger partial charge in [0, 0.05) is 13.0 Å². The minimum Gasteiger partial charge on any atom is -0.342 e. The van der Waals surface area contributed by atoms with Gasteiger partial charge in [-0.1, -0.05) is 97.9 Å². The third kappa shape index (κ3) is 3.21. The first kappa shape index (κ1) is 18.9. The molecule has 4 rings (SSSR count). The molecule has 0 radical (unpaired) electrons. The maximum absolute atomic E-state index is 13.3. The first-order valence-corrected chi connectivity index (χ1v) is 9.93. The molecule has 1 fully saturated rings. The Labute approximate surface area is 171 Å². The van der Waals surface area contributed by atoms with Gasteiger partial charge in [0.05, 0.1) is 0 Å². The van der Waals surface area contributed by atoms with Crippen LogP contribution in [0, 0.1) is 0 Å². The summed E-state index contributed by atoms with van der Waals surface area (Å²) in [4.78, 5) is 27.5. The summed E-state index contributed by atoms with van der Waals surface area (Å²) in [5.74, 6) is -0.192. The molecule has 4 heteroatoms. The average molecular weight is 384 g/mol. The molecular formula is C25H24N2O2. The van der Waals surface area contributed by atoms with E-state index in [0.29, 0.717) is 13.0 Å². The van der Waals surface area contributed by atoms with Crippen molar-refractivity contribution >= 4 is 11.8 Å². The summed E-state index contributed by atoms with van der Waals surface area (Å²) in [7, 11) is 0. The van der Waals surface area contributed by atoms with E-state index in [2.05, 4.69) is 5.32 Å². The van der Waals surface area contributed by atoms with E-state index in [4.69, 9.17) is 0 Å². The molecule has 1 heterocycles. The number of likely N-dealkylation sites (tertiary alicyclic amines) is 1. The van der Waals surface area contributed by atoms with Gasteiger partial charge in [0.2, 0.25) is 11.8 Å². The topological polar surface area (TPSA) is 49.4 Å². The van der Waals surface area contributed by atoms with Gasteiger partial charge >= 0.3 is 0 Å². The number of β-lactam (4-membered cyclic amide) rings is 1. The lowest BCUT2D eigenvalue weighted by Crippen LogP contribution is -2.77. The highest BCUT2D eigenvalue weighted by molar-refractivity contribution is 5.97. The SMILES string of the molecule is CCC(=O)NC1C(=O)N(Cc2ccccc2)C1(c1ccccc1)c1ccccc1. The van der Waals surface area contributed by atoms with E-state index in [1.165, 1.54) is 0 Å². The minimum absolute atomic E-state index is 0.0663. The second-order valence-corrected chi connectivity index (χ2v) is 7.26. The molecule has 0 spiro atoms. The van der Waals surface area contributed by atoms with Crippen molar-refractivity contribution < 1.29 is 9.59 Å². The summed E-state index contributed by atoms with van der Waals surface area (Å²) in [6.07, 6.45) is 0.335. The second-order valence-electron chi connectivity index (χ2n) is 7.26. The summed E-state index contributed by atoms with van der Waals surface area (Å²) in [5.41, 5.74) is 2.28. The van der Waals surface area contributed by atoms with Gasteiger partial charge in [0.15, 0.2) is 0 Å². The Morgan fingerprint density at radius 1 is 0.862 bits per heavy atom. The van der Waals surface area contributed by atoms with E-state index in [1.54, 1.807) is 6.92 Å². The molecule has 0 aliphatic carbocycles. The number of nitrogens with one attached hydrogen (secondary N) is 1. The van der Waals surface area contributed by atoms with Crippen LogP contribution in [-0.2, 0) is 21.7 Å². The quantitative estimate of drug-likeness (QED) is 0.656. The Hall–Kier alpha value is -3.40. The fraction of sp³-hybridized carbons (Fsp3) is 0.200. The molecule has 1 unspecified atom stereocenters. The number of carbonyl (C=O) groups excluding carboxylic acids is 2. The Kier molecular flexibility index (Phi) is 5.17. The molecule has 0 aromatic heterocycles. The zero-order valence-corrected chi connectivity index (χ0v) is 16.4. The highest BCUT2D eigenvalue weighted by Gasteiger charge is 2.62. The summed E-state index contributed by atoms with van der Waals surface area (Å²) < 4.78 is 0. The van der Waals surface area contributed by atoms with Crippen LogP contribution in [-0.4, -0.2) is 22.8 Å². The van der Waals surface area contributed by atoms with Gasteiger partial charge in [-0.3, -0.25) is 9.59 Å². The number of hydrogen-bond acceptors (Lipinski definition) is 2. The van der Waals surface area contributed by atoms with Crippen molar-refractivity contribution in [1.29, 1.82) is 0 Å². The predicted octanol–water partition coefficient (Wildman–Crippen LogP) is 3.87. The molecular weight excluding hydrogens is 360 g/mol. The van der Waals surface area contributed by atoms with Crippen molar-refractivity contribution in [2.45, 2.75) is 31.5 Å². The number of carbonyl (C=O) groups is 2. The van der Waals surface area contributed by atoms with Gasteiger partial charge in [0.25, 0.3) is 0 Å². The second kappa shape index (κ2) is 7.92. The van der Waals surface area contributed by atoms with Crippen LogP contribution in [0.3, 0.4) is 0 Å². The highest BCUT2D eigenvalue weighted by atomic mass is 16.2. The van der Waals surface area contributed by atoms with E-state index in [1.807, 2.05) is 95.9 Å². The van der Waals surface area contributed by atoms with Gasteiger partial charge in [-0.05, 0) is 16.7 Å². The summed E-state index contributed by atoms with van der Waals surface area (Å²) in [5, 5.41) is 2.99. The van der Waals surface area contributed by atoms with Gasteiger partial charge in [-0.15, -0.1) is 0 Å². The van der Waals surface area contributed by atoms with Crippen molar-refractivity contribution in [2.75, 3.05) is 0 Å². The van der Waals surface area contributed by atoms with E-state index < -0.39 is 11.6 Å². The summed E-state index contributed by atoms with van der Waals surface area (Å²) in [6.45, 7) is 2.27. The minimum atomic E-state index is -0.750. The van der Waals surface area contributed by atoms with E-state index >= 15 is 0 Å². The molecule has 3 aromatic carbocycles. The van der Waals surface area contributed by atoms with Gasteiger partial charge < -0.3 is 10.2 Å². The van der Waals surface area contributed by atoms with Crippen LogP contribution in [0.2, 0.25) is 0 Å². The molecule has 3 aromatic rings. The van der Waals surface area contributed by atoms with Gasteiger partial charge in [-0.2, -0.15) is 0 Å². The van der Waals surface area contributed by atoms with Crippen LogP contribution in [0.1, 0.15) is 30.0 Å². The molecule has 1 aliphatic rings. The van der Waals surface area contributed by atoms with E-state index in [0.717, 1.165) is 16.7 Å². The standard InChI is InChI=1S/C25H24N2O2/c1-2-22(28)26-23-24(29)27(18-19-12-6-3-7-13-19)25(23,20-14-8-4-9-15-20)21-16-10-5-11-17-21/h3-17,23H,2,18H2,1H3,(H,26,28). The van der Waals surface area contributed by atoms with Gasteiger partial charge in [0.1, 0.15) is 11.6 Å². The Morgan fingerprint density at radius 3 is 1.83 bits per heavy atom. The highest BCUT2D eigenvalue weighted by Crippen LogP contribution is 2.48. The third-order valence-electron chi connectivity index (χ3n) is 5.59. The first-order valence-electron chi connectivity index (χ1n) is 9.93. The van der Waals surface area contributed by atoms with Crippen LogP contribution in [0.25, 0.3) is 0 Å². The third-order valence-corrected chi connectivity index (χ3v) is 5.59. The van der Waals surface area contributed by atoms with Crippen molar-refractivity contribution in [2.24, 2.45) is 0 Å². The van der Waals surface area contributed by atoms with Crippen molar-refractivity contribution in [3.63, 3.8) is 0 Å². The lowest BCUT2D eigenvalue weighted by molar-refractivity contribution is -0.164. The predicted molar refractivity (Wildman–Crippen MR) is 113 cm³/mol. The number of nitrogens with zero attached hydrogens (tertiary/aromatic N) is 1. The van der Waals surface area contributed by atoms with Crippen molar-refractivity contribution in [3.8, 4) is 0 Å². The maximum atomic E-state index is 13.3. The molecule has 0 bridgehead atoms.